The first-order valence-electron chi connectivity index (χ1n) is 10.2. The molecule has 1 aromatic carbocycles. The van der Waals surface area contributed by atoms with E-state index in [9.17, 15) is 4.79 Å². The molecule has 0 spiro atoms. The Morgan fingerprint density at radius 3 is 2.83 bits per heavy atom. The van der Waals surface area contributed by atoms with Crippen molar-refractivity contribution < 1.29 is 4.79 Å². The summed E-state index contributed by atoms with van der Waals surface area (Å²) in [4.78, 5) is 21.4. The van der Waals surface area contributed by atoms with E-state index in [-0.39, 0.29) is 11.9 Å². The van der Waals surface area contributed by atoms with Crippen molar-refractivity contribution in [3.8, 4) is 0 Å². The van der Waals surface area contributed by atoms with Crippen LogP contribution in [0.5, 0.6) is 0 Å². The van der Waals surface area contributed by atoms with E-state index < -0.39 is 0 Å². The van der Waals surface area contributed by atoms with Crippen LogP contribution < -0.4 is 5.32 Å². The van der Waals surface area contributed by atoms with E-state index in [1.54, 1.807) is 12.3 Å². The number of benzene rings is 1. The second kappa shape index (κ2) is 8.02. The minimum Gasteiger partial charge on any atom is -0.348 e. The fourth-order valence-corrected chi connectivity index (χ4v) is 3.94. The summed E-state index contributed by atoms with van der Waals surface area (Å²) in [7, 11) is 0. The Morgan fingerprint density at radius 2 is 1.93 bits per heavy atom. The molecule has 1 amide bonds. The molecule has 3 aromatic heterocycles. The molecule has 0 aliphatic carbocycles. The predicted octanol–water partition coefficient (Wildman–Crippen LogP) is 2.95. The molecule has 1 aliphatic rings. The predicted molar refractivity (Wildman–Crippen MR) is 113 cm³/mol. The van der Waals surface area contributed by atoms with Gasteiger partial charge in [0.2, 0.25) is 0 Å². The Morgan fingerprint density at radius 1 is 1.03 bits per heavy atom. The number of amides is 1. The normalized spacial score (nSPS) is 16.1. The van der Waals surface area contributed by atoms with Crippen molar-refractivity contribution in [1.82, 2.24) is 30.0 Å². The molecule has 1 aliphatic heterocycles. The number of carbonyl (C=O) groups is 1. The van der Waals surface area contributed by atoms with Crippen LogP contribution in [0.3, 0.4) is 0 Å². The Balaban J connectivity index is 1.26. The molecule has 4 aromatic rings. The Hall–Kier alpha value is -3.61. The third-order valence-electron chi connectivity index (χ3n) is 5.56. The molecule has 5 rings (SSSR count). The second-order valence-corrected chi connectivity index (χ2v) is 7.59. The molecule has 0 bridgehead atoms. The van der Waals surface area contributed by atoms with Gasteiger partial charge in [-0.2, -0.15) is 0 Å². The van der Waals surface area contributed by atoms with Gasteiger partial charge in [-0.15, -0.1) is 10.2 Å². The van der Waals surface area contributed by atoms with Gasteiger partial charge in [0, 0.05) is 37.0 Å². The van der Waals surface area contributed by atoms with Crippen LogP contribution in [0.15, 0.2) is 60.8 Å². The van der Waals surface area contributed by atoms with Gasteiger partial charge in [-0.05, 0) is 42.7 Å². The van der Waals surface area contributed by atoms with E-state index in [0.29, 0.717) is 11.3 Å². The van der Waals surface area contributed by atoms with Gasteiger partial charge < -0.3 is 9.88 Å². The molecule has 0 radical (unpaired) electrons. The number of hydrogen-bond donors (Lipinski definition) is 1. The minimum atomic E-state index is -0.158. The van der Waals surface area contributed by atoms with Gasteiger partial charge in [-0.1, -0.05) is 30.3 Å². The highest BCUT2D eigenvalue weighted by molar-refractivity contribution is 5.94. The SMILES string of the molecule is O=C(NC1CCc2nnc(Cc3ccccc3)n2CC1)c1ccc2cccnc2n1. The van der Waals surface area contributed by atoms with Crippen LogP contribution >= 0.6 is 0 Å². The van der Waals surface area contributed by atoms with Crippen LogP contribution in [0.1, 0.15) is 40.5 Å². The minimum absolute atomic E-state index is 0.0741. The number of aromatic nitrogens is 5. The van der Waals surface area contributed by atoms with Crippen molar-refractivity contribution in [3.63, 3.8) is 0 Å². The smallest absolute Gasteiger partial charge is 0.270 e. The van der Waals surface area contributed by atoms with E-state index in [4.69, 9.17) is 0 Å². The second-order valence-electron chi connectivity index (χ2n) is 7.59. The van der Waals surface area contributed by atoms with Crippen molar-refractivity contribution in [2.45, 2.75) is 38.3 Å². The lowest BCUT2D eigenvalue weighted by Gasteiger charge is -2.16. The summed E-state index contributed by atoms with van der Waals surface area (Å²) < 4.78 is 2.21. The van der Waals surface area contributed by atoms with Crippen molar-refractivity contribution in [2.75, 3.05) is 0 Å². The molecule has 0 saturated carbocycles. The van der Waals surface area contributed by atoms with Crippen molar-refractivity contribution in [3.05, 3.63) is 83.7 Å². The molecule has 30 heavy (non-hydrogen) atoms. The van der Waals surface area contributed by atoms with Crippen LogP contribution in [0, 0.1) is 0 Å². The van der Waals surface area contributed by atoms with E-state index >= 15 is 0 Å². The number of aryl methyl sites for hydroxylation is 1. The van der Waals surface area contributed by atoms with Gasteiger partial charge in [0.05, 0.1) is 0 Å². The molecule has 1 N–H and O–H groups in total. The number of carbonyl (C=O) groups excluding carboxylic acids is 1. The highest BCUT2D eigenvalue weighted by Gasteiger charge is 2.22. The molecule has 0 saturated heterocycles. The maximum absolute atomic E-state index is 12.8. The third kappa shape index (κ3) is 3.78. The number of nitrogens with zero attached hydrogens (tertiary/aromatic N) is 5. The van der Waals surface area contributed by atoms with E-state index in [2.05, 4.69) is 42.2 Å². The average molecular weight is 398 g/mol. The molecule has 150 valence electrons. The zero-order valence-electron chi connectivity index (χ0n) is 16.5. The van der Waals surface area contributed by atoms with Crippen LogP contribution in [0.25, 0.3) is 11.0 Å². The monoisotopic (exact) mass is 398 g/mol. The molecular formula is C23H22N6O. The van der Waals surface area contributed by atoms with Crippen LogP contribution in [-0.4, -0.2) is 36.7 Å². The average Bonchev–Trinajstić information content (AvgIpc) is 3.05. The first kappa shape index (κ1) is 18.4. The summed E-state index contributed by atoms with van der Waals surface area (Å²) >= 11 is 0. The van der Waals surface area contributed by atoms with Gasteiger partial charge in [-0.3, -0.25) is 4.79 Å². The summed E-state index contributed by atoms with van der Waals surface area (Å²) in [5, 5.41) is 12.9. The number of fused-ring (bicyclic) bond motifs is 2. The van der Waals surface area contributed by atoms with E-state index in [1.165, 1.54) is 5.56 Å². The van der Waals surface area contributed by atoms with E-state index in [0.717, 1.165) is 49.3 Å². The maximum atomic E-state index is 12.8. The van der Waals surface area contributed by atoms with Crippen LogP contribution in [0.4, 0.5) is 0 Å². The maximum Gasteiger partial charge on any atom is 0.270 e. The van der Waals surface area contributed by atoms with Crippen molar-refractivity contribution >= 4 is 16.9 Å². The first-order valence-corrected chi connectivity index (χ1v) is 10.2. The zero-order valence-corrected chi connectivity index (χ0v) is 16.5. The summed E-state index contributed by atoms with van der Waals surface area (Å²) in [5.74, 6) is 1.81. The number of rotatable bonds is 4. The van der Waals surface area contributed by atoms with Gasteiger partial charge in [-0.25, -0.2) is 9.97 Å². The molecule has 7 nitrogen and oxygen atoms in total. The highest BCUT2D eigenvalue weighted by atomic mass is 16.1. The summed E-state index contributed by atoms with van der Waals surface area (Å²) in [6.07, 6.45) is 4.91. The largest absolute Gasteiger partial charge is 0.348 e. The molecule has 0 fully saturated rings. The van der Waals surface area contributed by atoms with Gasteiger partial charge in [0.15, 0.2) is 5.65 Å². The fraction of sp³-hybridized carbons (Fsp3) is 0.261. The van der Waals surface area contributed by atoms with Gasteiger partial charge >= 0.3 is 0 Å². The van der Waals surface area contributed by atoms with Crippen LogP contribution in [0.2, 0.25) is 0 Å². The number of pyridine rings is 2. The van der Waals surface area contributed by atoms with Crippen molar-refractivity contribution in [1.29, 1.82) is 0 Å². The van der Waals surface area contributed by atoms with Gasteiger partial charge in [0.1, 0.15) is 17.3 Å². The molecule has 1 unspecified atom stereocenters. The first-order chi connectivity index (χ1) is 14.8. The highest BCUT2D eigenvalue weighted by Crippen LogP contribution is 2.18. The Kier molecular flexibility index (Phi) is 4.93. The topological polar surface area (TPSA) is 85.6 Å². The Labute approximate surface area is 174 Å². The lowest BCUT2D eigenvalue weighted by molar-refractivity contribution is 0.0928. The lowest BCUT2D eigenvalue weighted by atomic mass is 10.1. The Bertz CT molecular complexity index is 1190. The summed E-state index contributed by atoms with van der Waals surface area (Å²) in [6.45, 7) is 0.794. The van der Waals surface area contributed by atoms with Gasteiger partial charge in [0.25, 0.3) is 5.91 Å². The standard InChI is InChI=1S/C23H22N6O/c30-23(19-10-8-17-7-4-13-24-22(17)26-19)25-18-9-11-20-27-28-21(29(20)14-12-18)15-16-5-2-1-3-6-16/h1-8,10,13,18H,9,11-12,14-15H2,(H,25,30). The lowest BCUT2D eigenvalue weighted by Crippen LogP contribution is -2.35. The number of hydrogen-bond acceptors (Lipinski definition) is 5. The molecular weight excluding hydrogens is 376 g/mol. The summed E-state index contributed by atoms with van der Waals surface area (Å²) in [5.41, 5.74) is 2.20. The molecule has 7 heteroatoms. The van der Waals surface area contributed by atoms with Crippen molar-refractivity contribution in [2.24, 2.45) is 0 Å². The quantitative estimate of drug-likeness (QED) is 0.571. The molecule has 1 atom stereocenters. The summed E-state index contributed by atoms with van der Waals surface area (Å²) in [6, 6.07) is 17.8. The number of nitrogens with one attached hydrogen (secondary N) is 1. The van der Waals surface area contributed by atoms with E-state index in [1.807, 2.05) is 36.4 Å². The zero-order chi connectivity index (χ0) is 20.3. The fourth-order valence-electron chi connectivity index (χ4n) is 3.94. The third-order valence-corrected chi connectivity index (χ3v) is 5.56. The van der Waals surface area contributed by atoms with Crippen LogP contribution in [-0.2, 0) is 19.4 Å². The molecule has 4 heterocycles.